The Labute approximate surface area is 199 Å². The number of halogens is 1. The van der Waals surface area contributed by atoms with Gasteiger partial charge >= 0.3 is 0 Å². The van der Waals surface area contributed by atoms with Gasteiger partial charge in [-0.2, -0.15) is 5.10 Å². The smallest absolute Gasteiger partial charge is 0.220 e. The quantitative estimate of drug-likeness (QED) is 0.608. The summed E-state index contributed by atoms with van der Waals surface area (Å²) in [5.41, 5.74) is 11.9. The number of amidine groups is 1. The molecule has 3 aliphatic rings. The van der Waals surface area contributed by atoms with Gasteiger partial charge in [0.25, 0.3) is 0 Å². The number of aryl methyl sites for hydroxylation is 2. The highest BCUT2D eigenvalue weighted by Gasteiger charge is 2.44. The van der Waals surface area contributed by atoms with E-state index in [1.54, 1.807) is 0 Å². The molecular weight excluding hydrogens is 436 g/mol. The molecule has 33 heavy (non-hydrogen) atoms. The molecule has 0 spiro atoms. The second-order valence-electron chi connectivity index (χ2n) is 8.96. The maximum atomic E-state index is 12.4. The summed E-state index contributed by atoms with van der Waals surface area (Å²) in [6, 6.07) is 14.6. The van der Waals surface area contributed by atoms with Gasteiger partial charge in [0.05, 0.1) is 12.1 Å². The number of nitrogens with one attached hydrogen (secondary N) is 3. The summed E-state index contributed by atoms with van der Waals surface area (Å²) < 4.78 is 0. The van der Waals surface area contributed by atoms with Crippen LogP contribution in [0, 0.1) is 13.8 Å². The second-order valence-corrected chi connectivity index (χ2v) is 9.40. The Morgan fingerprint density at radius 2 is 2.00 bits per heavy atom. The SMILES string of the molecule is Cc1ccc(C)c(C2CC3C4NN=C(CCC(=O)NCc5ccc(Cl)cc5)N4C=CN3N2)c1. The number of fused-ring (bicyclic) bond motifs is 3. The van der Waals surface area contributed by atoms with Crippen LogP contribution < -0.4 is 16.2 Å². The molecule has 0 aromatic heterocycles. The molecule has 5 rings (SSSR count). The van der Waals surface area contributed by atoms with E-state index >= 15 is 0 Å². The first-order chi connectivity index (χ1) is 16.0. The van der Waals surface area contributed by atoms with Crippen LogP contribution in [0.15, 0.2) is 60.0 Å². The van der Waals surface area contributed by atoms with Gasteiger partial charge in [0.1, 0.15) is 12.0 Å². The topological polar surface area (TPSA) is 72.0 Å². The van der Waals surface area contributed by atoms with Gasteiger partial charge in [-0.3, -0.25) is 10.2 Å². The maximum Gasteiger partial charge on any atom is 0.220 e. The molecule has 3 N–H and O–H groups in total. The van der Waals surface area contributed by atoms with Crippen molar-refractivity contribution in [2.45, 2.75) is 57.9 Å². The van der Waals surface area contributed by atoms with Gasteiger partial charge < -0.3 is 15.2 Å². The molecule has 2 aromatic rings. The summed E-state index contributed by atoms with van der Waals surface area (Å²) in [5.74, 6) is 0.906. The van der Waals surface area contributed by atoms with E-state index in [1.165, 1.54) is 16.7 Å². The number of hydrogen-bond donors (Lipinski definition) is 3. The number of carbonyl (C=O) groups is 1. The number of hydrazine groups is 1. The molecule has 0 saturated carbocycles. The predicted molar refractivity (Wildman–Crippen MR) is 130 cm³/mol. The summed E-state index contributed by atoms with van der Waals surface area (Å²) in [7, 11) is 0. The number of hydrogen-bond acceptors (Lipinski definition) is 6. The zero-order valence-corrected chi connectivity index (χ0v) is 19.6. The first-order valence-electron chi connectivity index (χ1n) is 11.4. The Hall–Kier alpha value is -3.03. The molecule has 1 amide bonds. The number of hydrazone groups is 1. The van der Waals surface area contributed by atoms with Crippen LogP contribution in [0.4, 0.5) is 0 Å². The lowest BCUT2D eigenvalue weighted by atomic mass is 9.95. The number of benzene rings is 2. The monoisotopic (exact) mass is 464 g/mol. The van der Waals surface area contributed by atoms with Crippen molar-refractivity contribution in [3.05, 3.63) is 82.1 Å². The fraction of sp³-hybridized carbons (Fsp3) is 0.360. The summed E-state index contributed by atoms with van der Waals surface area (Å²) in [5, 5.41) is 10.4. The fourth-order valence-electron chi connectivity index (χ4n) is 4.77. The fourth-order valence-corrected chi connectivity index (χ4v) is 4.89. The van der Waals surface area contributed by atoms with Crippen molar-refractivity contribution in [3.63, 3.8) is 0 Å². The minimum absolute atomic E-state index is 0.0104. The van der Waals surface area contributed by atoms with Gasteiger partial charge in [-0.25, -0.2) is 5.43 Å². The lowest BCUT2D eigenvalue weighted by Crippen LogP contribution is -2.54. The zero-order valence-electron chi connectivity index (χ0n) is 18.9. The van der Waals surface area contributed by atoms with E-state index < -0.39 is 0 Å². The molecule has 172 valence electrons. The van der Waals surface area contributed by atoms with Crippen LogP contribution in [0.5, 0.6) is 0 Å². The van der Waals surface area contributed by atoms with Crippen molar-refractivity contribution in [1.82, 2.24) is 26.1 Å². The molecule has 3 atom stereocenters. The van der Waals surface area contributed by atoms with E-state index in [9.17, 15) is 4.79 Å². The molecule has 8 heteroatoms. The summed E-state index contributed by atoms with van der Waals surface area (Å²) in [4.78, 5) is 14.5. The first-order valence-corrected chi connectivity index (χ1v) is 11.8. The predicted octanol–water partition coefficient (Wildman–Crippen LogP) is 3.70. The summed E-state index contributed by atoms with van der Waals surface area (Å²) in [6.07, 6.45) is 6.14. The number of amides is 1. The highest BCUT2D eigenvalue weighted by Crippen LogP contribution is 2.35. The van der Waals surface area contributed by atoms with Crippen molar-refractivity contribution in [1.29, 1.82) is 0 Å². The molecular formula is C25H29ClN6O. The molecule has 7 nitrogen and oxygen atoms in total. The molecule has 0 aliphatic carbocycles. The van der Waals surface area contributed by atoms with Crippen LogP contribution in [0.3, 0.4) is 0 Å². The largest absolute Gasteiger partial charge is 0.352 e. The number of rotatable bonds is 6. The molecule has 1 fully saturated rings. The van der Waals surface area contributed by atoms with Crippen LogP contribution in [0.1, 0.15) is 47.6 Å². The number of carbonyl (C=O) groups excluding carboxylic acids is 1. The van der Waals surface area contributed by atoms with E-state index in [0.717, 1.165) is 17.8 Å². The van der Waals surface area contributed by atoms with Crippen molar-refractivity contribution in [2.75, 3.05) is 0 Å². The van der Waals surface area contributed by atoms with Crippen LogP contribution in [-0.2, 0) is 11.3 Å². The van der Waals surface area contributed by atoms with Gasteiger partial charge in [0.2, 0.25) is 5.91 Å². The number of nitrogens with zero attached hydrogens (tertiary/aromatic N) is 3. The van der Waals surface area contributed by atoms with Gasteiger partial charge in [-0.05, 0) is 49.1 Å². The Bertz CT molecular complexity index is 1100. The van der Waals surface area contributed by atoms with Crippen molar-refractivity contribution in [2.24, 2.45) is 5.10 Å². The average Bonchev–Trinajstić information content (AvgIpc) is 3.42. The van der Waals surface area contributed by atoms with Gasteiger partial charge in [0, 0.05) is 36.8 Å². The van der Waals surface area contributed by atoms with Gasteiger partial charge in [-0.1, -0.05) is 47.5 Å². The van der Waals surface area contributed by atoms with Crippen molar-refractivity contribution in [3.8, 4) is 0 Å². The lowest BCUT2D eigenvalue weighted by molar-refractivity contribution is -0.121. The summed E-state index contributed by atoms with van der Waals surface area (Å²) in [6.45, 7) is 4.80. The minimum Gasteiger partial charge on any atom is -0.352 e. The highest BCUT2D eigenvalue weighted by atomic mass is 35.5. The van der Waals surface area contributed by atoms with Crippen molar-refractivity contribution >= 4 is 23.3 Å². The third kappa shape index (κ3) is 4.56. The molecule has 0 radical (unpaired) electrons. The third-order valence-electron chi connectivity index (χ3n) is 6.60. The molecule has 3 unspecified atom stereocenters. The Morgan fingerprint density at radius 3 is 2.82 bits per heavy atom. The standard InChI is InChI=1S/C25H29ClN6O/c1-16-3-4-17(2)20(13-16)21-14-22-25-29-28-23(31(25)11-12-32(22)30-21)9-10-24(33)27-15-18-5-7-19(26)8-6-18/h3-8,11-13,21-22,25,29-30H,9-10,14-15H2,1-2H3,(H,27,33). The maximum absolute atomic E-state index is 12.4. The van der Waals surface area contributed by atoms with Crippen LogP contribution in [-0.4, -0.2) is 33.9 Å². The van der Waals surface area contributed by atoms with E-state index in [0.29, 0.717) is 24.4 Å². The first kappa shape index (κ1) is 21.8. The second kappa shape index (κ2) is 9.08. The van der Waals surface area contributed by atoms with Gasteiger partial charge in [-0.15, -0.1) is 0 Å². The molecule has 0 bridgehead atoms. The van der Waals surface area contributed by atoms with Crippen LogP contribution in [0.25, 0.3) is 0 Å². The zero-order chi connectivity index (χ0) is 22.9. The molecule has 3 aliphatic heterocycles. The molecule has 3 heterocycles. The van der Waals surface area contributed by atoms with E-state index in [1.807, 2.05) is 30.5 Å². The minimum atomic E-state index is 0.0104. The third-order valence-corrected chi connectivity index (χ3v) is 6.86. The Kier molecular flexibility index (Phi) is 6.00. The average molecular weight is 465 g/mol. The van der Waals surface area contributed by atoms with E-state index in [-0.39, 0.29) is 24.2 Å². The van der Waals surface area contributed by atoms with Crippen LogP contribution >= 0.6 is 11.6 Å². The van der Waals surface area contributed by atoms with Crippen molar-refractivity contribution < 1.29 is 4.79 Å². The lowest BCUT2D eigenvalue weighted by Gasteiger charge is -2.37. The van der Waals surface area contributed by atoms with E-state index in [4.69, 9.17) is 11.6 Å². The molecule has 1 saturated heterocycles. The normalized spacial score (nSPS) is 23.1. The van der Waals surface area contributed by atoms with Crippen LogP contribution in [0.2, 0.25) is 5.02 Å². The summed E-state index contributed by atoms with van der Waals surface area (Å²) >= 11 is 5.91. The molecule has 2 aromatic carbocycles. The Balaban J connectivity index is 1.16. The highest BCUT2D eigenvalue weighted by molar-refractivity contribution is 6.30. The Morgan fingerprint density at radius 1 is 1.18 bits per heavy atom. The van der Waals surface area contributed by atoms with E-state index in [2.05, 4.69) is 69.4 Å². The van der Waals surface area contributed by atoms with Gasteiger partial charge in [0.15, 0.2) is 0 Å².